The lowest BCUT2D eigenvalue weighted by molar-refractivity contribution is -0.149. The molecule has 1 aromatic heterocycles. The van der Waals surface area contributed by atoms with Gasteiger partial charge in [0, 0.05) is 37.3 Å². The Kier molecular flexibility index (Phi) is 6.16. The number of hydrogen-bond donors (Lipinski definition) is 2. The molecule has 1 aromatic rings. The molecular formula is C15H25N3O3S. The Bertz CT molecular complexity index is 482. The fraction of sp³-hybridized carbons (Fsp3) is 0.733. The van der Waals surface area contributed by atoms with Crippen molar-refractivity contribution in [3.05, 3.63) is 11.1 Å². The van der Waals surface area contributed by atoms with E-state index in [1.165, 1.54) is 0 Å². The van der Waals surface area contributed by atoms with E-state index in [4.69, 9.17) is 4.74 Å². The van der Waals surface area contributed by atoms with Crippen LogP contribution in [0.15, 0.2) is 6.20 Å². The van der Waals surface area contributed by atoms with Crippen LogP contribution in [-0.2, 0) is 16.1 Å². The molecule has 2 heterocycles. The fourth-order valence-electron chi connectivity index (χ4n) is 2.58. The Labute approximate surface area is 135 Å². The Morgan fingerprint density at radius 2 is 2.14 bits per heavy atom. The minimum absolute atomic E-state index is 0.486. The summed E-state index contributed by atoms with van der Waals surface area (Å²) >= 11 is 1.66. The number of aliphatic carboxylic acids is 1. The predicted molar refractivity (Wildman–Crippen MR) is 87.5 cm³/mol. The Balaban J connectivity index is 1.86. The van der Waals surface area contributed by atoms with E-state index >= 15 is 0 Å². The first kappa shape index (κ1) is 17.2. The lowest BCUT2D eigenvalue weighted by Crippen LogP contribution is -2.39. The van der Waals surface area contributed by atoms with E-state index in [0.29, 0.717) is 25.9 Å². The first-order valence-corrected chi connectivity index (χ1v) is 8.64. The van der Waals surface area contributed by atoms with Crippen LogP contribution in [-0.4, -0.2) is 48.9 Å². The summed E-state index contributed by atoms with van der Waals surface area (Å²) in [6, 6.07) is 0. The number of ether oxygens (including phenoxy) is 1. The van der Waals surface area contributed by atoms with Gasteiger partial charge in [-0.05, 0) is 12.8 Å². The summed E-state index contributed by atoms with van der Waals surface area (Å²) in [7, 11) is 0. The summed E-state index contributed by atoms with van der Waals surface area (Å²) in [4.78, 5) is 19.3. The number of anilines is 1. The minimum atomic E-state index is -0.719. The largest absolute Gasteiger partial charge is 0.481 e. The maximum Gasteiger partial charge on any atom is 0.310 e. The molecule has 2 rings (SSSR count). The van der Waals surface area contributed by atoms with E-state index in [1.807, 2.05) is 20.0 Å². The summed E-state index contributed by atoms with van der Waals surface area (Å²) in [5.74, 6) is -0.719. The van der Waals surface area contributed by atoms with Gasteiger partial charge in [-0.2, -0.15) is 0 Å². The number of carbonyl (C=O) groups is 1. The van der Waals surface area contributed by atoms with E-state index in [1.54, 1.807) is 11.3 Å². The summed E-state index contributed by atoms with van der Waals surface area (Å²) in [6.45, 7) is 8.28. The van der Waals surface area contributed by atoms with Gasteiger partial charge in [-0.15, -0.1) is 11.3 Å². The van der Waals surface area contributed by atoms with E-state index < -0.39 is 11.4 Å². The van der Waals surface area contributed by atoms with Gasteiger partial charge in [0.05, 0.1) is 18.6 Å². The molecule has 22 heavy (non-hydrogen) atoms. The van der Waals surface area contributed by atoms with Crippen LogP contribution in [0.3, 0.4) is 0 Å². The molecule has 1 fully saturated rings. The molecule has 7 heteroatoms. The molecule has 0 spiro atoms. The van der Waals surface area contributed by atoms with Gasteiger partial charge >= 0.3 is 5.97 Å². The maximum absolute atomic E-state index is 11.5. The Morgan fingerprint density at radius 3 is 2.73 bits per heavy atom. The van der Waals surface area contributed by atoms with Crippen LogP contribution < -0.4 is 10.2 Å². The highest BCUT2D eigenvalue weighted by atomic mass is 32.1. The molecule has 124 valence electrons. The molecule has 0 aromatic carbocycles. The first-order chi connectivity index (χ1) is 10.6. The van der Waals surface area contributed by atoms with Gasteiger partial charge in [0.25, 0.3) is 0 Å². The number of carboxylic acids is 1. The predicted octanol–water partition coefficient (Wildman–Crippen LogP) is 1.96. The first-order valence-electron chi connectivity index (χ1n) is 7.83. The van der Waals surface area contributed by atoms with Crippen molar-refractivity contribution >= 4 is 22.4 Å². The van der Waals surface area contributed by atoms with Gasteiger partial charge in [-0.1, -0.05) is 13.8 Å². The van der Waals surface area contributed by atoms with Crippen molar-refractivity contribution < 1.29 is 14.6 Å². The highest BCUT2D eigenvalue weighted by Gasteiger charge is 2.34. The summed E-state index contributed by atoms with van der Waals surface area (Å²) in [5.41, 5.74) is -0.669. The Hall–Kier alpha value is -1.18. The number of thiazole rings is 1. The van der Waals surface area contributed by atoms with Crippen molar-refractivity contribution in [3.63, 3.8) is 0 Å². The molecule has 6 nitrogen and oxygen atoms in total. The van der Waals surface area contributed by atoms with E-state index in [0.717, 1.165) is 36.3 Å². The smallest absolute Gasteiger partial charge is 0.310 e. The van der Waals surface area contributed by atoms with Gasteiger partial charge in [-0.3, -0.25) is 4.79 Å². The van der Waals surface area contributed by atoms with E-state index in [9.17, 15) is 9.90 Å². The second-order valence-electron chi connectivity index (χ2n) is 5.60. The second-order valence-corrected chi connectivity index (χ2v) is 6.70. The lowest BCUT2D eigenvalue weighted by atomic mass is 9.82. The zero-order chi connectivity index (χ0) is 16.0. The third-order valence-electron chi connectivity index (χ3n) is 4.39. The number of nitrogens with one attached hydrogen (secondary N) is 1. The normalized spacial score (nSPS) is 16.0. The molecule has 0 aliphatic carbocycles. The molecule has 1 saturated heterocycles. The second kappa shape index (κ2) is 7.89. The van der Waals surface area contributed by atoms with E-state index in [-0.39, 0.29) is 0 Å². The summed E-state index contributed by atoms with van der Waals surface area (Å²) < 4.78 is 5.34. The number of aromatic nitrogens is 1. The topological polar surface area (TPSA) is 74.7 Å². The van der Waals surface area contributed by atoms with Gasteiger partial charge in [0.2, 0.25) is 0 Å². The van der Waals surface area contributed by atoms with Crippen molar-refractivity contribution in [2.45, 2.75) is 33.2 Å². The molecule has 0 unspecified atom stereocenters. The third-order valence-corrected chi connectivity index (χ3v) is 5.45. The molecule has 0 atom stereocenters. The third kappa shape index (κ3) is 3.97. The number of hydrogen-bond acceptors (Lipinski definition) is 6. The average Bonchev–Trinajstić information content (AvgIpc) is 3.01. The highest BCUT2D eigenvalue weighted by molar-refractivity contribution is 7.15. The average molecular weight is 327 g/mol. The zero-order valence-electron chi connectivity index (χ0n) is 13.3. The lowest BCUT2D eigenvalue weighted by Gasteiger charge is -2.27. The van der Waals surface area contributed by atoms with Crippen LogP contribution in [0.4, 0.5) is 5.13 Å². The molecule has 0 radical (unpaired) electrons. The van der Waals surface area contributed by atoms with Gasteiger partial charge in [-0.25, -0.2) is 4.98 Å². The number of nitrogens with zero attached hydrogens (tertiary/aromatic N) is 2. The number of rotatable bonds is 8. The molecule has 1 aliphatic rings. The molecular weight excluding hydrogens is 302 g/mol. The van der Waals surface area contributed by atoms with Crippen LogP contribution >= 0.6 is 11.3 Å². The fourth-order valence-corrected chi connectivity index (χ4v) is 3.51. The van der Waals surface area contributed by atoms with Crippen molar-refractivity contribution in [1.29, 1.82) is 0 Å². The minimum Gasteiger partial charge on any atom is -0.481 e. The van der Waals surface area contributed by atoms with Crippen LogP contribution in [0.1, 0.15) is 31.6 Å². The van der Waals surface area contributed by atoms with Crippen molar-refractivity contribution in [2.75, 3.05) is 37.7 Å². The monoisotopic (exact) mass is 327 g/mol. The summed E-state index contributed by atoms with van der Waals surface area (Å²) in [5, 5.41) is 13.7. The highest BCUT2D eigenvalue weighted by Crippen LogP contribution is 2.27. The number of carboxylic acid groups (broad SMARTS) is 1. The van der Waals surface area contributed by atoms with Crippen molar-refractivity contribution in [1.82, 2.24) is 10.3 Å². The van der Waals surface area contributed by atoms with Gasteiger partial charge < -0.3 is 20.1 Å². The zero-order valence-corrected chi connectivity index (χ0v) is 14.1. The molecule has 2 N–H and O–H groups in total. The van der Waals surface area contributed by atoms with Crippen LogP contribution in [0, 0.1) is 5.41 Å². The van der Waals surface area contributed by atoms with Crippen LogP contribution in [0.25, 0.3) is 0 Å². The standard InChI is InChI=1S/C15H25N3O3S/c1-3-15(4-2,13(19)20)11-16-9-12-10-17-14(22-12)18-5-7-21-8-6-18/h10,16H,3-9,11H2,1-2H3,(H,19,20). The van der Waals surface area contributed by atoms with Gasteiger partial charge in [0.1, 0.15) is 0 Å². The van der Waals surface area contributed by atoms with E-state index in [2.05, 4.69) is 15.2 Å². The maximum atomic E-state index is 11.5. The van der Waals surface area contributed by atoms with Crippen LogP contribution in [0.5, 0.6) is 0 Å². The SMILES string of the molecule is CCC(CC)(CNCc1cnc(N2CCOCC2)s1)C(=O)O. The van der Waals surface area contributed by atoms with Crippen LogP contribution in [0.2, 0.25) is 0 Å². The molecule has 0 saturated carbocycles. The number of morpholine rings is 1. The van der Waals surface area contributed by atoms with Crippen molar-refractivity contribution in [2.24, 2.45) is 5.41 Å². The van der Waals surface area contributed by atoms with Crippen molar-refractivity contribution in [3.8, 4) is 0 Å². The van der Waals surface area contributed by atoms with Gasteiger partial charge in [0.15, 0.2) is 5.13 Å². The quantitative estimate of drug-likeness (QED) is 0.760. The molecule has 0 amide bonds. The molecule has 0 bridgehead atoms. The summed E-state index contributed by atoms with van der Waals surface area (Å²) in [6.07, 6.45) is 3.14. The molecule has 1 aliphatic heterocycles. The Morgan fingerprint density at radius 1 is 1.45 bits per heavy atom.